The van der Waals surface area contributed by atoms with Gasteiger partial charge in [-0.3, -0.25) is 9.59 Å². The predicted octanol–water partition coefficient (Wildman–Crippen LogP) is 1.24. The number of nitrogens with two attached hydrogens (primary N) is 1. The quantitative estimate of drug-likeness (QED) is 0.823. The van der Waals surface area contributed by atoms with Gasteiger partial charge >= 0.3 is 0 Å². The molecule has 0 spiro atoms. The third-order valence-corrected chi connectivity index (χ3v) is 2.91. The Labute approximate surface area is 110 Å². The number of carbonyl (C=O) groups excluding carboxylic acids is 1. The zero-order valence-corrected chi connectivity index (χ0v) is 10.8. The number of nitrogen functional groups attached to an aromatic ring is 1. The summed E-state index contributed by atoms with van der Waals surface area (Å²) in [7, 11) is 3.28. The standard InChI is InChI=1S/C14H15N3O2/c1-16-7-6-10(8-13(16)18)14(19)17(2)12-5-3-4-11(15)9-12/h3-9H,15H2,1-2H3. The van der Waals surface area contributed by atoms with Gasteiger partial charge in [-0.25, -0.2) is 0 Å². The number of hydrogen-bond acceptors (Lipinski definition) is 3. The van der Waals surface area contributed by atoms with Gasteiger partial charge in [0.25, 0.3) is 11.5 Å². The Morgan fingerprint density at radius 1 is 1.26 bits per heavy atom. The molecule has 0 aliphatic carbocycles. The van der Waals surface area contributed by atoms with Gasteiger partial charge in [-0.1, -0.05) is 6.07 Å². The smallest absolute Gasteiger partial charge is 0.258 e. The normalized spacial score (nSPS) is 10.2. The number of aromatic nitrogens is 1. The van der Waals surface area contributed by atoms with Crippen LogP contribution in [0.4, 0.5) is 11.4 Å². The SMILES string of the molecule is CN(C(=O)c1ccn(C)c(=O)c1)c1cccc(N)c1. The van der Waals surface area contributed by atoms with Gasteiger partial charge in [0.1, 0.15) is 0 Å². The van der Waals surface area contributed by atoms with Crippen LogP contribution in [0.1, 0.15) is 10.4 Å². The first kappa shape index (κ1) is 12.9. The number of nitrogens with zero attached hydrogens (tertiary/aromatic N) is 2. The van der Waals surface area contributed by atoms with Crippen LogP contribution in [0.5, 0.6) is 0 Å². The van der Waals surface area contributed by atoms with Gasteiger partial charge in [-0.2, -0.15) is 0 Å². The number of rotatable bonds is 2. The first-order chi connectivity index (χ1) is 8.99. The van der Waals surface area contributed by atoms with Gasteiger partial charge < -0.3 is 15.2 Å². The van der Waals surface area contributed by atoms with Crippen molar-refractivity contribution in [2.24, 2.45) is 7.05 Å². The van der Waals surface area contributed by atoms with E-state index in [1.54, 1.807) is 50.6 Å². The second-order valence-electron chi connectivity index (χ2n) is 4.32. The fourth-order valence-corrected chi connectivity index (χ4v) is 1.73. The molecule has 0 fully saturated rings. The molecule has 1 aromatic heterocycles. The number of hydrogen-bond donors (Lipinski definition) is 1. The van der Waals surface area contributed by atoms with E-state index in [0.29, 0.717) is 16.9 Å². The maximum atomic E-state index is 12.3. The van der Waals surface area contributed by atoms with E-state index in [1.165, 1.54) is 15.5 Å². The van der Waals surface area contributed by atoms with E-state index in [1.807, 2.05) is 0 Å². The summed E-state index contributed by atoms with van der Waals surface area (Å²) in [4.78, 5) is 25.3. The van der Waals surface area contributed by atoms with Crippen molar-refractivity contribution in [3.8, 4) is 0 Å². The predicted molar refractivity (Wildman–Crippen MR) is 75.3 cm³/mol. The molecule has 0 unspecified atom stereocenters. The van der Waals surface area contributed by atoms with Gasteiger partial charge in [0, 0.05) is 43.3 Å². The Hall–Kier alpha value is -2.56. The summed E-state index contributed by atoms with van der Waals surface area (Å²) < 4.78 is 1.41. The van der Waals surface area contributed by atoms with E-state index in [4.69, 9.17) is 5.73 Å². The topological polar surface area (TPSA) is 68.3 Å². The molecular weight excluding hydrogens is 242 g/mol. The molecule has 0 saturated heterocycles. The van der Waals surface area contributed by atoms with Gasteiger partial charge in [-0.15, -0.1) is 0 Å². The van der Waals surface area contributed by atoms with Crippen molar-refractivity contribution < 1.29 is 4.79 Å². The highest BCUT2D eigenvalue weighted by molar-refractivity contribution is 6.05. The number of benzene rings is 1. The zero-order chi connectivity index (χ0) is 14.0. The minimum atomic E-state index is -0.247. The molecule has 98 valence electrons. The van der Waals surface area contributed by atoms with Crippen LogP contribution in [-0.2, 0) is 7.05 Å². The monoisotopic (exact) mass is 257 g/mol. The van der Waals surface area contributed by atoms with E-state index >= 15 is 0 Å². The van der Waals surface area contributed by atoms with Crippen LogP contribution in [0.3, 0.4) is 0 Å². The van der Waals surface area contributed by atoms with E-state index < -0.39 is 0 Å². The molecule has 2 N–H and O–H groups in total. The molecule has 5 nitrogen and oxygen atoms in total. The number of anilines is 2. The van der Waals surface area contributed by atoms with Crippen molar-refractivity contribution in [2.45, 2.75) is 0 Å². The molecule has 2 rings (SSSR count). The molecule has 0 atom stereocenters. The highest BCUT2D eigenvalue weighted by atomic mass is 16.2. The lowest BCUT2D eigenvalue weighted by Gasteiger charge is -2.17. The van der Waals surface area contributed by atoms with Gasteiger partial charge in [0.2, 0.25) is 0 Å². The first-order valence-corrected chi connectivity index (χ1v) is 5.79. The third-order valence-electron chi connectivity index (χ3n) is 2.91. The summed E-state index contributed by atoms with van der Waals surface area (Å²) in [5, 5.41) is 0. The molecule has 0 aliphatic heterocycles. The molecule has 1 heterocycles. The molecule has 1 amide bonds. The molecular formula is C14H15N3O2. The van der Waals surface area contributed by atoms with Crippen molar-refractivity contribution in [1.82, 2.24) is 4.57 Å². The van der Waals surface area contributed by atoms with Crippen molar-refractivity contribution >= 4 is 17.3 Å². The van der Waals surface area contributed by atoms with Crippen LogP contribution in [0.15, 0.2) is 47.4 Å². The molecule has 5 heteroatoms. The van der Waals surface area contributed by atoms with Crippen LogP contribution >= 0.6 is 0 Å². The average molecular weight is 257 g/mol. The number of pyridine rings is 1. The maximum absolute atomic E-state index is 12.3. The summed E-state index contributed by atoms with van der Waals surface area (Å²) in [6.45, 7) is 0. The Morgan fingerprint density at radius 3 is 2.63 bits per heavy atom. The lowest BCUT2D eigenvalue weighted by molar-refractivity contribution is 0.0992. The number of aryl methyl sites for hydroxylation is 1. The van der Waals surface area contributed by atoms with Crippen LogP contribution < -0.4 is 16.2 Å². The molecule has 19 heavy (non-hydrogen) atoms. The fraction of sp³-hybridized carbons (Fsp3) is 0.143. The van der Waals surface area contributed by atoms with Crippen molar-refractivity contribution in [3.63, 3.8) is 0 Å². The zero-order valence-electron chi connectivity index (χ0n) is 10.8. The second-order valence-corrected chi connectivity index (χ2v) is 4.32. The largest absolute Gasteiger partial charge is 0.399 e. The van der Waals surface area contributed by atoms with E-state index in [-0.39, 0.29) is 11.5 Å². The minimum absolute atomic E-state index is 0.216. The number of amides is 1. The van der Waals surface area contributed by atoms with Gasteiger partial charge in [-0.05, 0) is 24.3 Å². The Balaban J connectivity index is 2.33. The number of carbonyl (C=O) groups is 1. The summed E-state index contributed by atoms with van der Waals surface area (Å²) in [5.74, 6) is -0.247. The molecule has 0 saturated carbocycles. The van der Waals surface area contributed by atoms with Crippen LogP contribution in [0.2, 0.25) is 0 Å². The lowest BCUT2D eigenvalue weighted by atomic mass is 10.2. The molecule has 0 bridgehead atoms. The summed E-state index contributed by atoms with van der Waals surface area (Å²) >= 11 is 0. The third kappa shape index (κ3) is 2.65. The van der Waals surface area contributed by atoms with Crippen molar-refractivity contribution in [3.05, 3.63) is 58.5 Å². The summed E-state index contributed by atoms with van der Waals surface area (Å²) in [6, 6.07) is 9.96. The van der Waals surface area contributed by atoms with E-state index in [2.05, 4.69) is 0 Å². The Morgan fingerprint density at radius 2 is 2.00 bits per heavy atom. The van der Waals surface area contributed by atoms with Gasteiger partial charge in [0.15, 0.2) is 0 Å². The first-order valence-electron chi connectivity index (χ1n) is 5.79. The summed E-state index contributed by atoms with van der Waals surface area (Å²) in [5.41, 5.74) is 7.10. The maximum Gasteiger partial charge on any atom is 0.258 e. The van der Waals surface area contributed by atoms with Crippen LogP contribution in [0, 0.1) is 0 Å². The molecule has 1 aromatic carbocycles. The molecule has 0 aliphatic rings. The van der Waals surface area contributed by atoms with Crippen molar-refractivity contribution in [2.75, 3.05) is 17.7 Å². The highest BCUT2D eigenvalue weighted by Gasteiger charge is 2.14. The van der Waals surface area contributed by atoms with E-state index in [0.717, 1.165) is 0 Å². The minimum Gasteiger partial charge on any atom is -0.399 e. The summed E-state index contributed by atoms with van der Waals surface area (Å²) in [6.07, 6.45) is 1.57. The average Bonchev–Trinajstić information content (AvgIpc) is 2.40. The van der Waals surface area contributed by atoms with Crippen LogP contribution in [0.25, 0.3) is 0 Å². The Kier molecular flexibility index (Phi) is 3.37. The lowest BCUT2D eigenvalue weighted by Crippen LogP contribution is -2.28. The fourth-order valence-electron chi connectivity index (χ4n) is 1.73. The Bertz CT molecular complexity index is 676. The van der Waals surface area contributed by atoms with Crippen LogP contribution in [-0.4, -0.2) is 17.5 Å². The molecule has 0 radical (unpaired) electrons. The molecule has 2 aromatic rings. The van der Waals surface area contributed by atoms with Crippen molar-refractivity contribution in [1.29, 1.82) is 0 Å². The van der Waals surface area contributed by atoms with E-state index in [9.17, 15) is 9.59 Å². The van der Waals surface area contributed by atoms with Gasteiger partial charge in [0.05, 0.1) is 0 Å². The second kappa shape index (κ2) is 4.97. The highest BCUT2D eigenvalue weighted by Crippen LogP contribution is 2.17.